The molecular weight excluding hydrogens is 219 g/mol. The second-order valence-electron chi connectivity index (χ2n) is 3.25. The summed E-state index contributed by atoms with van der Waals surface area (Å²) in [4.78, 5) is 0. The van der Waals surface area contributed by atoms with E-state index in [1.54, 1.807) is 6.92 Å². The van der Waals surface area contributed by atoms with Gasteiger partial charge in [-0.05, 0) is 24.1 Å². The molecular formula is C10H13FO3S. The number of hydrogen-bond donors (Lipinski definition) is 0. The Balaban J connectivity index is 2.88. The van der Waals surface area contributed by atoms with Crippen LogP contribution in [0.2, 0.25) is 0 Å². The molecule has 84 valence electrons. The van der Waals surface area contributed by atoms with E-state index in [0.29, 0.717) is 12.0 Å². The monoisotopic (exact) mass is 232 g/mol. The van der Waals surface area contributed by atoms with E-state index in [1.165, 1.54) is 24.3 Å². The summed E-state index contributed by atoms with van der Waals surface area (Å²) in [5, 5.41) is 0. The normalized spacial score (nSPS) is 13.8. The Morgan fingerprint density at radius 3 is 2.27 bits per heavy atom. The van der Waals surface area contributed by atoms with Crippen molar-refractivity contribution in [3.8, 4) is 0 Å². The van der Waals surface area contributed by atoms with E-state index in [2.05, 4.69) is 0 Å². The molecule has 15 heavy (non-hydrogen) atoms. The van der Waals surface area contributed by atoms with Crippen LogP contribution in [0.4, 0.5) is 4.39 Å². The summed E-state index contributed by atoms with van der Waals surface area (Å²) in [5.74, 6) is -0.354. The first-order valence-corrected chi connectivity index (χ1v) is 6.37. The first-order valence-electron chi connectivity index (χ1n) is 4.56. The smallest absolute Gasteiger partial charge is 0.262 e. The number of hydrogen-bond acceptors (Lipinski definition) is 3. The highest BCUT2D eigenvalue weighted by molar-refractivity contribution is 7.86. The van der Waals surface area contributed by atoms with Gasteiger partial charge in [0.15, 0.2) is 0 Å². The Bertz CT molecular complexity index is 411. The number of halogens is 1. The van der Waals surface area contributed by atoms with Gasteiger partial charge in [0.25, 0.3) is 10.1 Å². The molecule has 5 heteroatoms. The first-order chi connectivity index (χ1) is 6.92. The summed E-state index contributed by atoms with van der Waals surface area (Å²) in [7, 11) is -3.49. The summed E-state index contributed by atoms with van der Waals surface area (Å²) >= 11 is 0. The molecule has 1 aromatic rings. The summed E-state index contributed by atoms with van der Waals surface area (Å²) < 4.78 is 39.4. The fourth-order valence-corrected chi connectivity index (χ4v) is 1.92. The zero-order chi connectivity index (χ0) is 11.5. The van der Waals surface area contributed by atoms with Gasteiger partial charge in [0.2, 0.25) is 0 Å². The highest BCUT2D eigenvalue weighted by atomic mass is 32.2. The molecule has 0 fully saturated rings. The summed E-state index contributed by atoms with van der Waals surface area (Å²) in [6, 6.07) is 5.61. The maximum atomic E-state index is 12.6. The molecule has 0 saturated carbocycles. The van der Waals surface area contributed by atoms with Crippen molar-refractivity contribution in [1.29, 1.82) is 0 Å². The molecule has 0 heterocycles. The van der Waals surface area contributed by atoms with E-state index in [1.807, 2.05) is 0 Å². The van der Waals surface area contributed by atoms with Crippen LogP contribution in [0.5, 0.6) is 0 Å². The second-order valence-corrected chi connectivity index (χ2v) is 4.85. The van der Waals surface area contributed by atoms with E-state index in [9.17, 15) is 12.8 Å². The van der Waals surface area contributed by atoms with Crippen molar-refractivity contribution in [2.75, 3.05) is 6.26 Å². The zero-order valence-electron chi connectivity index (χ0n) is 8.60. The summed E-state index contributed by atoms with van der Waals surface area (Å²) in [6.07, 6.45) is 0.971. The van der Waals surface area contributed by atoms with Gasteiger partial charge in [0.1, 0.15) is 11.9 Å². The molecule has 1 rings (SSSR count). The lowest BCUT2D eigenvalue weighted by Gasteiger charge is -2.14. The van der Waals surface area contributed by atoms with Crippen LogP contribution in [-0.2, 0) is 14.3 Å². The van der Waals surface area contributed by atoms with Crippen LogP contribution in [0, 0.1) is 5.82 Å². The highest BCUT2D eigenvalue weighted by Crippen LogP contribution is 2.22. The largest absolute Gasteiger partial charge is 0.264 e. The molecule has 0 spiro atoms. The maximum Gasteiger partial charge on any atom is 0.264 e. The molecule has 1 aromatic carbocycles. The SMILES string of the molecule is CCC(OS(C)(=O)=O)c1ccc(F)cc1. The minimum absolute atomic E-state index is 0.354. The van der Waals surface area contributed by atoms with Gasteiger partial charge in [-0.25, -0.2) is 4.39 Å². The topological polar surface area (TPSA) is 43.4 Å². The lowest BCUT2D eigenvalue weighted by atomic mass is 10.1. The van der Waals surface area contributed by atoms with Crippen LogP contribution in [0.3, 0.4) is 0 Å². The standard InChI is InChI=1S/C10H13FO3S/c1-3-10(14-15(2,12)13)8-4-6-9(11)7-5-8/h4-7,10H,3H2,1-2H3. The molecule has 1 atom stereocenters. The van der Waals surface area contributed by atoms with Crippen LogP contribution >= 0.6 is 0 Å². The van der Waals surface area contributed by atoms with Gasteiger partial charge in [0, 0.05) is 0 Å². The summed E-state index contributed by atoms with van der Waals surface area (Å²) in [5.41, 5.74) is 0.657. The lowest BCUT2D eigenvalue weighted by molar-refractivity contribution is 0.211. The van der Waals surface area contributed by atoms with Crippen LogP contribution in [0.25, 0.3) is 0 Å². The Morgan fingerprint density at radius 2 is 1.87 bits per heavy atom. The molecule has 0 bridgehead atoms. The van der Waals surface area contributed by atoms with Crippen LogP contribution in [0.1, 0.15) is 25.0 Å². The fraction of sp³-hybridized carbons (Fsp3) is 0.400. The van der Waals surface area contributed by atoms with E-state index in [4.69, 9.17) is 4.18 Å². The number of rotatable bonds is 4. The minimum Gasteiger partial charge on any atom is -0.262 e. The molecule has 0 aromatic heterocycles. The van der Waals surface area contributed by atoms with Crippen molar-refractivity contribution in [1.82, 2.24) is 0 Å². The van der Waals surface area contributed by atoms with Crippen molar-refractivity contribution < 1.29 is 17.0 Å². The third kappa shape index (κ3) is 3.97. The second kappa shape index (κ2) is 4.72. The highest BCUT2D eigenvalue weighted by Gasteiger charge is 2.15. The molecule has 0 aliphatic carbocycles. The van der Waals surface area contributed by atoms with Gasteiger partial charge in [0.05, 0.1) is 6.26 Å². The van der Waals surface area contributed by atoms with Gasteiger partial charge in [-0.3, -0.25) is 4.18 Å². The molecule has 0 aliphatic heterocycles. The lowest BCUT2D eigenvalue weighted by Crippen LogP contribution is -2.09. The quantitative estimate of drug-likeness (QED) is 0.748. The zero-order valence-corrected chi connectivity index (χ0v) is 9.42. The molecule has 0 saturated heterocycles. The predicted molar refractivity (Wildman–Crippen MR) is 55.4 cm³/mol. The number of benzene rings is 1. The Labute approximate surface area is 89.0 Å². The summed E-state index contributed by atoms with van der Waals surface area (Å²) in [6.45, 7) is 1.80. The van der Waals surface area contributed by atoms with Crippen LogP contribution in [-0.4, -0.2) is 14.7 Å². The minimum atomic E-state index is -3.49. The first kappa shape index (κ1) is 12.1. The fourth-order valence-electron chi connectivity index (χ4n) is 1.25. The van der Waals surface area contributed by atoms with Gasteiger partial charge >= 0.3 is 0 Å². The van der Waals surface area contributed by atoms with Crippen LogP contribution < -0.4 is 0 Å². The van der Waals surface area contributed by atoms with Crippen LogP contribution in [0.15, 0.2) is 24.3 Å². The molecule has 3 nitrogen and oxygen atoms in total. The van der Waals surface area contributed by atoms with E-state index >= 15 is 0 Å². The third-order valence-electron chi connectivity index (χ3n) is 1.90. The van der Waals surface area contributed by atoms with Crippen molar-refractivity contribution >= 4 is 10.1 Å². The molecule has 0 radical (unpaired) electrons. The Kier molecular flexibility index (Phi) is 3.82. The van der Waals surface area contributed by atoms with Gasteiger partial charge in [-0.15, -0.1) is 0 Å². The van der Waals surface area contributed by atoms with Gasteiger partial charge in [-0.2, -0.15) is 8.42 Å². The molecule has 0 amide bonds. The average Bonchev–Trinajstić information content (AvgIpc) is 2.14. The average molecular weight is 232 g/mol. The van der Waals surface area contributed by atoms with E-state index in [0.717, 1.165) is 6.26 Å². The Morgan fingerprint density at radius 1 is 1.33 bits per heavy atom. The van der Waals surface area contributed by atoms with Gasteiger partial charge < -0.3 is 0 Å². The molecule has 0 aliphatic rings. The van der Waals surface area contributed by atoms with Gasteiger partial charge in [-0.1, -0.05) is 19.1 Å². The Hall–Kier alpha value is -0.940. The van der Waals surface area contributed by atoms with Crippen molar-refractivity contribution in [2.24, 2.45) is 0 Å². The van der Waals surface area contributed by atoms with E-state index < -0.39 is 16.2 Å². The maximum absolute atomic E-state index is 12.6. The molecule has 0 N–H and O–H groups in total. The van der Waals surface area contributed by atoms with Crippen molar-refractivity contribution in [2.45, 2.75) is 19.4 Å². The van der Waals surface area contributed by atoms with Crippen molar-refractivity contribution in [3.63, 3.8) is 0 Å². The predicted octanol–water partition coefficient (Wildman–Crippen LogP) is 2.25. The third-order valence-corrected chi connectivity index (χ3v) is 2.49. The molecule has 1 unspecified atom stereocenters. The van der Waals surface area contributed by atoms with E-state index in [-0.39, 0.29) is 5.82 Å². The van der Waals surface area contributed by atoms with Crippen molar-refractivity contribution in [3.05, 3.63) is 35.6 Å².